The number of aromatic nitrogens is 2. The number of hydrogen-bond donors (Lipinski definition) is 1. The van der Waals surface area contributed by atoms with Crippen molar-refractivity contribution in [3.05, 3.63) is 18.2 Å². The fourth-order valence-corrected chi connectivity index (χ4v) is 2.50. The number of imidazole rings is 1. The molecular formula is C13H23N3O. The molecule has 2 rings (SSSR count). The molecule has 96 valence electrons. The third-order valence-corrected chi connectivity index (χ3v) is 3.57. The van der Waals surface area contributed by atoms with Crippen molar-refractivity contribution < 1.29 is 4.74 Å². The van der Waals surface area contributed by atoms with E-state index in [4.69, 9.17) is 4.74 Å². The smallest absolute Gasteiger partial charge is 0.125 e. The monoisotopic (exact) mass is 237 g/mol. The second-order valence-electron chi connectivity index (χ2n) is 4.80. The summed E-state index contributed by atoms with van der Waals surface area (Å²) in [4.78, 5) is 4.41. The number of rotatable bonds is 5. The van der Waals surface area contributed by atoms with Gasteiger partial charge in [0.2, 0.25) is 0 Å². The third-order valence-electron chi connectivity index (χ3n) is 3.57. The van der Waals surface area contributed by atoms with Crippen LogP contribution in [0.25, 0.3) is 0 Å². The highest BCUT2D eigenvalue weighted by Gasteiger charge is 2.18. The highest BCUT2D eigenvalue weighted by molar-refractivity contribution is 4.98. The molecule has 4 heteroatoms. The SMILES string of the molecule is CNC(CCC1CCCCO1)c1nccn1C. The molecule has 1 aromatic rings. The average molecular weight is 237 g/mol. The van der Waals surface area contributed by atoms with E-state index in [0.717, 1.165) is 25.3 Å². The van der Waals surface area contributed by atoms with Crippen LogP contribution in [-0.4, -0.2) is 29.3 Å². The van der Waals surface area contributed by atoms with Crippen LogP contribution in [0, 0.1) is 0 Å². The lowest BCUT2D eigenvalue weighted by Gasteiger charge is -2.24. The van der Waals surface area contributed by atoms with Gasteiger partial charge in [0.15, 0.2) is 0 Å². The lowest BCUT2D eigenvalue weighted by atomic mass is 10.0. The Balaban J connectivity index is 1.85. The summed E-state index contributed by atoms with van der Waals surface area (Å²) in [5.41, 5.74) is 0. The summed E-state index contributed by atoms with van der Waals surface area (Å²) in [5, 5.41) is 3.35. The predicted octanol–water partition coefficient (Wildman–Crippen LogP) is 2.03. The Morgan fingerprint density at radius 1 is 1.59 bits per heavy atom. The summed E-state index contributed by atoms with van der Waals surface area (Å²) in [6.45, 7) is 0.942. The van der Waals surface area contributed by atoms with E-state index >= 15 is 0 Å². The Bertz CT molecular complexity index is 331. The van der Waals surface area contributed by atoms with Crippen LogP contribution < -0.4 is 5.32 Å². The van der Waals surface area contributed by atoms with Gasteiger partial charge in [0.05, 0.1) is 12.1 Å². The second-order valence-corrected chi connectivity index (χ2v) is 4.80. The Kier molecular flexibility index (Phi) is 4.57. The van der Waals surface area contributed by atoms with Crippen LogP contribution in [0.15, 0.2) is 12.4 Å². The molecule has 0 aromatic carbocycles. The molecule has 0 bridgehead atoms. The van der Waals surface area contributed by atoms with Crippen LogP contribution in [0.5, 0.6) is 0 Å². The lowest BCUT2D eigenvalue weighted by molar-refractivity contribution is 0.00849. The van der Waals surface area contributed by atoms with Crippen LogP contribution in [-0.2, 0) is 11.8 Å². The maximum absolute atomic E-state index is 5.77. The van der Waals surface area contributed by atoms with Gasteiger partial charge in [-0.25, -0.2) is 4.98 Å². The van der Waals surface area contributed by atoms with Crippen molar-refractivity contribution in [2.24, 2.45) is 7.05 Å². The van der Waals surface area contributed by atoms with E-state index in [1.807, 2.05) is 26.5 Å². The zero-order valence-corrected chi connectivity index (χ0v) is 10.9. The van der Waals surface area contributed by atoms with Crippen molar-refractivity contribution in [3.63, 3.8) is 0 Å². The zero-order chi connectivity index (χ0) is 12.1. The molecule has 4 nitrogen and oxygen atoms in total. The van der Waals surface area contributed by atoms with Crippen LogP contribution in [0.1, 0.15) is 44.0 Å². The van der Waals surface area contributed by atoms with Gasteiger partial charge in [-0.15, -0.1) is 0 Å². The van der Waals surface area contributed by atoms with Gasteiger partial charge >= 0.3 is 0 Å². The second kappa shape index (κ2) is 6.17. The lowest BCUT2D eigenvalue weighted by Crippen LogP contribution is -2.24. The maximum atomic E-state index is 5.77. The minimum atomic E-state index is 0.334. The minimum absolute atomic E-state index is 0.334. The topological polar surface area (TPSA) is 39.1 Å². The van der Waals surface area contributed by atoms with Gasteiger partial charge in [0.1, 0.15) is 5.82 Å². The first-order valence-electron chi connectivity index (χ1n) is 6.57. The average Bonchev–Trinajstić information content (AvgIpc) is 2.78. The maximum Gasteiger partial charge on any atom is 0.125 e. The van der Waals surface area contributed by atoms with E-state index in [0.29, 0.717) is 12.1 Å². The summed E-state index contributed by atoms with van der Waals surface area (Å²) in [5.74, 6) is 1.11. The first-order chi connectivity index (χ1) is 8.31. The largest absolute Gasteiger partial charge is 0.378 e. The standard InChI is InChI=1S/C13H23N3O/c1-14-12(13-15-8-9-16(13)2)7-6-11-5-3-4-10-17-11/h8-9,11-12,14H,3-7,10H2,1-2H3. The number of hydrogen-bond acceptors (Lipinski definition) is 3. The van der Waals surface area contributed by atoms with Gasteiger partial charge in [0.25, 0.3) is 0 Å². The number of nitrogens with one attached hydrogen (secondary N) is 1. The molecule has 0 radical (unpaired) electrons. The molecule has 1 aliphatic rings. The highest BCUT2D eigenvalue weighted by Crippen LogP contribution is 2.22. The van der Waals surface area contributed by atoms with Crippen molar-refractivity contribution in [2.45, 2.75) is 44.2 Å². The van der Waals surface area contributed by atoms with Crippen molar-refractivity contribution in [2.75, 3.05) is 13.7 Å². The molecule has 1 fully saturated rings. The quantitative estimate of drug-likeness (QED) is 0.851. The van der Waals surface area contributed by atoms with Crippen LogP contribution in [0.2, 0.25) is 0 Å². The fourth-order valence-electron chi connectivity index (χ4n) is 2.50. The summed E-state index contributed by atoms with van der Waals surface area (Å²) in [6, 6.07) is 0.334. The predicted molar refractivity (Wildman–Crippen MR) is 67.8 cm³/mol. The molecule has 2 unspecified atom stereocenters. The van der Waals surface area contributed by atoms with E-state index in [1.165, 1.54) is 19.3 Å². The molecule has 0 aliphatic carbocycles. The number of ether oxygens (including phenoxy) is 1. The molecule has 0 amide bonds. The first kappa shape index (κ1) is 12.6. The fraction of sp³-hybridized carbons (Fsp3) is 0.769. The van der Waals surface area contributed by atoms with Gasteiger partial charge in [-0.05, 0) is 39.2 Å². The minimum Gasteiger partial charge on any atom is -0.378 e. The molecular weight excluding hydrogens is 214 g/mol. The van der Waals surface area contributed by atoms with Gasteiger partial charge in [-0.2, -0.15) is 0 Å². The van der Waals surface area contributed by atoms with Crippen molar-refractivity contribution in [3.8, 4) is 0 Å². The van der Waals surface area contributed by atoms with E-state index in [2.05, 4.69) is 14.9 Å². The molecule has 1 aliphatic heterocycles. The van der Waals surface area contributed by atoms with E-state index in [-0.39, 0.29) is 0 Å². The zero-order valence-electron chi connectivity index (χ0n) is 10.9. The van der Waals surface area contributed by atoms with E-state index in [9.17, 15) is 0 Å². The normalized spacial score (nSPS) is 22.6. The summed E-state index contributed by atoms with van der Waals surface area (Å²) >= 11 is 0. The molecule has 2 heterocycles. The number of nitrogens with zero attached hydrogens (tertiary/aromatic N) is 2. The van der Waals surface area contributed by atoms with Crippen molar-refractivity contribution in [1.82, 2.24) is 14.9 Å². The Hall–Kier alpha value is -0.870. The van der Waals surface area contributed by atoms with Crippen LogP contribution >= 0.6 is 0 Å². The Labute approximate surface area is 103 Å². The molecule has 1 N–H and O–H groups in total. The van der Waals surface area contributed by atoms with Gasteiger partial charge in [0, 0.05) is 26.0 Å². The van der Waals surface area contributed by atoms with Gasteiger partial charge < -0.3 is 14.6 Å². The van der Waals surface area contributed by atoms with Gasteiger partial charge in [-0.3, -0.25) is 0 Å². The molecule has 0 saturated carbocycles. The van der Waals surface area contributed by atoms with Crippen LogP contribution in [0.3, 0.4) is 0 Å². The van der Waals surface area contributed by atoms with Crippen molar-refractivity contribution in [1.29, 1.82) is 0 Å². The molecule has 1 saturated heterocycles. The summed E-state index contributed by atoms with van der Waals surface area (Å²) in [7, 11) is 4.05. The number of aryl methyl sites for hydroxylation is 1. The van der Waals surface area contributed by atoms with Crippen LogP contribution in [0.4, 0.5) is 0 Å². The third kappa shape index (κ3) is 3.30. The Morgan fingerprint density at radius 2 is 2.47 bits per heavy atom. The molecule has 1 aromatic heterocycles. The summed E-state index contributed by atoms with van der Waals surface area (Å²) in [6.07, 6.45) is 10.3. The first-order valence-corrected chi connectivity index (χ1v) is 6.57. The molecule has 2 atom stereocenters. The van der Waals surface area contributed by atoms with E-state index < -0.39 is 0 Å². The Morgan fingerprint density at radius 3 is 3.06 bits per heavy atom. The van der Waals surface area contributed by atoms with Gasteiger partial charge in [-0.1, -0.05) is 0 Å². The summed E-state index contributed by atoms with van der Waals surface area (Å²) < 4.78 is 7.85. The highest BCUT2D eigenvalue weighted by atomic mass is 16.5. The van der Waals surface area contributed by atoms with Crippen molar-refractivity contribution >= 4 is 0 Å². The van der Waals surface area contributed by atoms with E-state index in [1.54, 1.807) is 0 Å². The molecule has 17 heavy (non-hydrogen) atoms. The molecule has 0 spiro atoms.